The summed E-state index contributed by atoms with van der Waals surface area (Å²) in [5.74, 6) is 2.21. The van der Waals surface area contributed by atoms with Gasteiger partial charge in [0.25, 0.3) is 0 Å². The maximum Gasteiger partial charge on any atom is 0.133 e. The fourth-order valence-electron chi connectivity index (χ4n) is 3.28. The summed E-state index contributed by atoms with van der Waals surface area (Å²) in [7, 11) is 0. The molecule has 0 aliphatic carbocycles. The minimum Gasteiger partial charge on any atom is -0.491 e. The SMILES string of the molecule is Cc1cc(C)nc(C2CCN(Cc3cccc(OCCO)c3)C2)n1. The number of likely N-dealkylation sites (tertiary alicyclic amines) is 1. The number of hydrogen-bond donors (Lipinski definition) is 1. The number of hydrogen-bond acceptors (Lipinski definition) is 5. The van der Waals surface area contributed by atoms with Crippen molar-refractivity contribution >= 4 is 0 Å². The van der Waals surface area contributed by atoms with Gasteiger partial charge < -0.3 is 9.84 Å². The maximum absolute atomic E-state index is 8.86. The molecule has 1 atom stereocenters. The minimum absolute atomic E-state index is 0.0357. The van der Waals surface area contributed by atoms with E-state index in [0.29, 0.717) is 12.5 Å². The molecule has 1 fully saturated rings. The van der Waals surface area contributed by atoms with E-state index < -0.39 is 0 Å². The number of aliphatic hydroxyl groups is 1. The number of ether oxygens (including phenoxy) is 1. The van der Waals surface area contributed by atoms with E-state index in [-0.39, 0.29) is 6.61 Å². The largest absolute Gasteiger partial charge is 0.491 e. The van der Waals surface area contributed by atoms with Crippen molar-refractivity contribution in [2.75, 3.05) is 26.3 Å². The Balaban J connectivity index is 1.62. The molecule has 5 nitrogen and oxygen atoms in total. The second kappa shape index (κ2) is 7.73. The topological polar surface area (TPSA) is 58.5 Å². The molecule has 0 radical (unpaired) electrons. The smallest absolute Gasteiger partial charge is 0.133 e. The molecule has 1 aliphatic heterocycles. The average Bonchev–Trinajstić information content (AvgIpc) is 3.01. The van der Waals surface area contributed by atoms with Gasteiger partial charge in [0, 0.05) is 30.4 Å². The van der Waals surface area contributed by atoms with Crippen LogP contribution in [-0.4, -0.2) is 46.3 Å². The Kier molecular flexibility index (Phi) is 5.43. The highest BCUT2D eigenvalue weighted by Crippen LogP contribution is 2.27. The molecule has 0 bridgehead atoms. The van der Waals surface area contributed by atoms with Crippen molar-refractivity contribution in [3.05, 3.63) is 53.1 Å². The summed E-state index contributed by atoms with van der Waals surface area (Å²) in [5, 5.41) is 8.86. The van der Waals surface area contributed by atoms with Crippen LogP contribution in [0.15, 0.2) is 30.3 Å². The molecule has 1 aromatic heterocycles. The lowest BCUT2D eigenvalue weighted by atomic mass is 10.1. The number of benzene rings is 1. The molecule has 3 rings (SSSR count). The van der Waals surface area contributed by atoms with Crippen molar-refractivity contribution < 1.29 is 9.84 Å². The highest BCUT2D eigenvalue weighted by atomic mass is 16.5. The van der Waals surface area contributed by atoms with Gasteiger partial charge >= 0.3 is 0 Å². The predicted molar refractivity (Wildman–Crippen MR) is 93.2 cm³/mol. The van der Waals surface area contributed by atoms with Gasteiger partial charge in [-0.15, -0.1) is 0 Å². The fourth-order valence-corrected chi connectivity index (χ4v) is 3.28. The lowest BCUT2D eigenvalue weighted by molar-refractivity contribution is 0.201. The van der Waals surface area contributed by atoms with E-state index >= 15 is 0 Å². The molecule has 1 saturated heterocycles. The number of aromatic nitrogens is 2. The van der Waals surface area contributed by atoms with E-state index in [2.05, 4.69) is 27.0 Å². The molecule has 24 heavy (non-hydrogen) atoms. The summed E-state index contributed by atoms with van der Waals surface area (Å²) in [5.41, 5.74) is 3.32. The lowest BCUT2D eigenvalue weighted by Gasteiger charge is -2.16. The van der Waals surface area contributed by atoms with Crippen molar-refractivity contribution in [1.29, 1.82) is 0 Å². The zero-order chi connectivity index (χ0) is 16.9. The molecule has 1 N–H and O–H groups in total. The fraction of sp³-hybridized carbons (Fsp3) is 0.474. The van der Waals surface area contributed by atoms with Crippen LogP contribution in [0.2, 0.25) is 0 Å². The van der Waals surface area contributed by atoms with E-state index in [1.165, 1.54) is 5.56 Å². The monoisotopic (exact) mass is 327 g/mol. The average molecular weight is 327 g/mol. The first-order valence-electron chi connectivity index (χ1n) is 8.51. The second-order valence-corrected chi connectivity index (χ2v) is 6.45. The van der Waals surface area contributed by atoms with Crippen molar-refractivity contribution in [2.24, 2.45) is 0 Å². The van der Waals surface area contributed by atoms with Crippen LogP contribution in [0.5, 0.6) is 5.75 Å². The molecule has 0 amide bonds. The van der Waals surface area contributed by atoms with Gasteiger partial charge in [-0.05, 0) is 50.6 Å². The molecule has 1 aromatic carbocycles. The number of rotatable bonds is 6. The van der Waals surface area contributed by atoms with Gasteiger partial charge in [-0.2, -0.15) is 0 Å². The Labute approximate surface area is 143 Å². The Morgan fingerprint density at radius 1 is 1.21 bits per heavy atom. The van der Waals surface area contributed by atoms with Crippen molar-refractivity contribution in [1.82, 2.24) is 14.9 Å². The summed E-state index contributed by atoms with van der Waals surface area (Å²) >= 11 is 0. The van der Waals surface area contributed by atoms with Crippen LogP contribution in [-0.2, 0) is 6.54 Å². The van der Waals surface area contributed by atoms with Crippen molar-refractivity contribution in [2.45, 2.75) is 32.7 Å². The third-order valence-electron chi connectivity index (χ3n) is 4.30. The highest BCUT2D eigenvalue weighted by molar-refractivity contribution is 5.28. The maximum atomic E-state index is 8.86. The highest BCUT2D eigenvalue weighted by Gasteiger charge is 2.26. The molecule has 2 aromatic rings. The molecule has 1 aliphatic rings. The van der Waals surface area contributed by atoms with Gasteiger partial charge in [0.05, 0.1) is 6.61 Å². The summed E-state index contributed by atoms with van der Waals surface area (Å²) < 4.78 is 5.49. The van der Waals surface area contributed by atoms with Crippen LogP contribution in [0.3, 0.4) is 0 Å². The van der Waals surface area contributed by atoms with E-state index in [1.807, 2.05) is 32.0 Å². The summed E-state index contributed by atoms with van der Waals surface area (Å²) in [6.45, 7) is 7.38. The quantitative estimate of drug-likeness (QED) is 0.883. The zero-order valence-electron chi connectivity index (χ0n) is 14.4. The van der Waals surface area contributed by atoms with Gasteiger partial charge in [-0.3, -0.25) is 4.90 Å². The first kappa shape index (κ1) is 16.9. The lowest BCUT2D eigenvalue weighted by Crippen LogP contribution is -2.20. The van der Waals surface area contributed by atoms with Crippen molar-refractivity contribution in [3.8, 4) is 5.75 Å². The Bertz CT molecular complexity index is 670. The van der Waals surface area contributed by atoms with Crippen molar-refractivity contribution in [3.63, 3.8) is 0 Å². The van der Waals surface area contributed by atoms with E-state index in [0.717, 1.165) is 49.0 Å². The molecule has 1 unspecified atom stereocenters. The first-order chi connectivity index (χ1) is 11.6. The number of aryl methyl sites for hydroxylation is 2. The first-order valence-corrected chi connectivity index (χ1v) is 8.51. The van der Waals surface area contributed by atoms with Crippen LogP contribution >= 0.6 is 0 Å². The van der Waals surface area contributed by atoms with E-state index in [4.69, 9.17) is 9.84 Å². The number of nitrogens with zero attached hydrogens (tertiary/aromatic N) is 3. The van der Waals surface area contributed by atoms with Crippen LogP contribution in [0.1, 0.15) is 35.1 Å². The molecule has 128 valence electrons. The summed E-state index contributed by atoms with van der Waals surface area (Å²) in [4.78, 5) is 11.7. The summed E-state index contributed by atoms with van der Waals surface area (Å²) in [6, 6.07) is 10.1. The number of aliphatic hydroxyl groups excluding tert-OH is 1. The predicted octanol–water partition coefficient (Wildman–Crippen LogP) is 2.45. The normalized spacial score (nSPS) is 18.0. The Morgan fingerprint density at radius 3 is 2.75 bits per heavy atom. The minimum atomic E-state index is 0.0357. The van der Waals surface area contributed by atoms with Gasteiger partial charge in [-0.1, -0.05) is 12.1 Å². The van der Waals surface area contributed by atoms with Crippen LogP contribution in [0.25, 0.3) is 0 Å². The van der Waals surface area contributed by atoms with Crippen LogP contribution < -0.4 is 4.74 Å². The Hall–Kier alpha value is -1.98. The summed E-state index contributed by atoms with van der Waals surface area (Å²) in [6.07, 6.45) is 1.10. The Morgan fingerprint density at radius 2 is 2.00 bits per heavy atom. The molecule has 0 spiro atoms. The molecule has 0 saturated carbocycles. The van der Waals surface area contributed by atoms with Gasteiger partial charge in [-0.25, -0.2) is 9.97 Å². The molecule has 2 heterocycles. The van der Waals surface area contributed by atoms with Gasteiger partial charge in [0.2, 0.25) is 0 Å². The molecular weight excluding hydrogens is 302 g/mol. The molecular formula is C19H25N3O2. The third-order valence-corrected chi connectivity index (χ3v) is 4.30. The molecule has 5 heteroatoms. The van der Waals surface area contributed by atoms with Gasteiger partial charge in [0.1, 0.15) is 18.2 Å². The second-order valence-electron chi connectivity index (χ2n) is 6.45. The van der Waals surface area contributed by atoms with Gasteiger partial charge in [0.15, 0.2) is 0 Å². The zero-order valence-corrected chi connectivity index (χ0v) is 14.4. The standard InChI is InChI=1S/C19H25N3O2/c1-14-10-15(2)21-19(20-14)17-6-7-22(13-17)12-16-4-3-5-18(11-16)24-9-8-23/h3-5,10-11,17,23H,6-9,12-13H2,1-2H3. The van der Waals surface area contributed by atoms with E-state index in [9.17, 15) is 0 Å². The third kappa shape index (κ3) is 4.30. The van der Waals surface area contributed by atoms with Crippen LogP contribution in [0, 0.1) is 13.8 Å². The van der Waals surface area contributed by atoms with Crippen LogP contribution in [0.4, 0.5) is 0 Å². The van der Waals surface area contributed by atoms with E-state index in [1.54, 1.807) is 0 Å².